The molecule has 1 fully saturated rings. The molecule has 138 valence electrons. The fourth-order valence-electron chi connectivity index (χ4n) is 3.47. The van der Waals surface area contributed by atoms with Gasteiger partial charge in [0, 0.05) is 30.1 Å². The van der Waals surface area contributed by atoms with Gasteiger partial charge in [-0.2, -0.15) is 0 Å². The molecule has 2 aliphatic heterocycles. The van der Waals surface area contributed by atoms with Crippen molar-refractivity contribution in [2.75, 3.05) is 26.3 Å². The van der Waals surface area contributed by atoms with Gasteiger partial charge in [0.05, 0.1) is 0 Å². The highest BCUT2D eigenvalue weighted by Crippen LogP contribution is 2.35. The van der Waals surface area contributed by atoms with E-state index in [0.29, 0.717) is 24.8 Å². The molecule has 1 atom stereocenters. The molecule has 0 radical (unpaired) electrons. The average molecular weight is 373 g/mol. The Balaban J connectivity index is 1.47. The third-order valence-electron chi connectivity index (χ3n) is 5.08. The molecule has 7 heteroatoms. The van der Waals surface area contributed by atoms with Crippen LogP contribution in [0.5, 0.6) is 11.5 Å². The van der Waals surface area contributed by atoms with Gasteiger partial charge in [0.2, 0.25) is 0 Å². The van der Waals surface area contributed by atoms with Crippen LogP contribution in [0.3, 0.4) is 0 Å². The van der Waals surface area contributed by atoms with E-state index in [1.165, 1.54) is 11.3 Å². The Kier molecular flexibility index (Phi) is 4.82. The number of aromatic nitrogens is 1. The molecule has 2 N–H and O–H groups in total. The molecule has 4 rings (SSSR count). The van der Waals surface area contributed by atoms with Crippen molar-refractivity contribution < 1.29 is 14.3 Å². The topological polar surface area (TPSA) is 77.7 Å². The monoisotopic (exact) mass is 373 g/mol. The van der Waals surface area contributed by atoms with Crippen molar-refractivity contribution in [3.63, 3.8) is 0 Å². The lowest BCUT2D eigenvalue weighted by Gasteiger charge is -2.33. The molecule has 26 heavy (non-hydrogen) atoms. The van der Waals surface area contributed by atoms with Gasteiger partial charge in [-0.25, -0.2) is 4.98 Å². The van der Waals surface area contributed by atoms with Crippen LogP contribution >= 0.6 is 11.3 Å². The van der Waals surface area contributed by atoms with Crippen LogP contribution in [-0.2, 0) is 0 Å². The molecule has 6 nitrogen and oxygen atoms in total. The summed E-state index contributed by atoms with van der Waals surface area (Å²) in [6.45, 7) is 4.67. The number of nitrogens with zero attached hydrogens (tertiary/aromatic N) is 2. The van der Waals surface area contributed by atoms with Crippen LogP contribution < -0.4 is 15.2 Å². The fourth-order valence-corrected chi connectivity index (χ4v) is 4.26. The predicted molar refractivity (Wildman–Crippen MR) is 101 cm³/mol. The summed E-state index contributed by atoms with van der Waals surface area (Å²) < 4.78 is 11.2. The lowest BCUT2D eigenvalue weighted by molar-refractivity contribution is 0.0676. The van der Waals surface area contributed by atoms with Crippen LogP contribution in [0, 0.1) is 5.92 Å². The fraction of sp³-hybridized carbons (Fsp3) is 0.474. The summed E-state index contributed by atoms with van der Waals surface area (Å²) in [6.07, 6.45) is 1.92. The lowest BCUT2D eigenvalue weighted by Crippen LogP contribution is -2.42. The Hall–Kier alpha value is -2.12. The summed E-state index contributed by atoms with van der Waals surface area (Å²) in [6, 6.07) is 5.96. The van der Waals surface area contributed by atoms with Crippen molar-refractivity contribution >= 4 is 17.2 Å². The molecule has 2 aromatic rings. The first kappa shape index (κ1) is 17.3. The predicted octanol–water partition coefficient (Wildman–Crippen LogP) is 2.78. The van der Waals surface area contributed by atoms with Crippen molar-refractivity contribution in [3.8, 4) is 22.1 Å². The molecule has 0 spiro atoms. The van der Waals surface area contributed by atoms with E-state index in [-0.39, 0.29) is 11.9 Å². The number of hydrogen-bond donors (Lipinski definition) is 1. The first-order chi connectivity index (χ1) is 12.6. The number of nitrogens with two attached hydrogens (primary N) is 1. The second-order valence-electron chi connectivity index (χ2n) is 6.89. The molecule has 2 aliphatic rings. The minimum absolute atomic E-state index is 0.00756. The summed E-state index contributed by atoms with van der Waals surface area (Å²) in [5.41, 5.74) is 7.43. The smallest absolute Gasteiger partial charge is 0.273 e. The van der Waals surface area contributed by atoms with Crippen molar-refractivity contribution in [3.05, 3.63) is 29.3 Å². The van der Waals surface area contributed by atoms with Crippen molar-refractivity contribution in [1.82, 2.24) is 9.88 Å². The Morgan fingerprint density at radius 2 is 2.00 bits per heavy atom. The zero-order valence-electron chi connectivity index (χ0n) is 14.8. The minimum Gasteiger partial charge on any atom is -0.486 e. The van der Waals surface area contributed by atoms with E-state index in [1.807, 2.05) is 35.4 Å². The van der Waals surface area contributed by atoms with E-state index in [9.17, 15) is 4.79 Å². The number of amides is 1. The van der Waals surface area contributed by atoms with Crippen LogP contribution in [0.1, 0.15) is 30.3 Å². The lowest BCUT2D eigenvalue weighted by atomic mass is 9.91. The van der Waals surface area contributed by atoms with Gasteiger partial charge in [0.1, 0.15) is 23.9 Å². The standard InChI is InChI=1S/C19H23N3O3S/c1-12(20)13-4-6-22(7-5-13)19(23)15-11-26-18(21-15)14-2-3-16-17(10-14)25-9-8-24-16/h2-3,10-13H,4-9,20H2,1H3. The van der Waals surface area contributed by atoms with Crippen molar-refractivity contribution in [1.29, 1.82) is 0 Å². The number of thiazole rings is 1. The van der Waals surface area contributed by atoms with E-state index in [4.69, 9.17) is 15.2 Å². The van der Waals surface area contributed by atoms with Crippen LogP contribution in [0.15, 0.2) is 23.6 Å². The highest BCUT2D eigenvalue weighted by Gasteiger charge is 2.27. The van der Waals surface area contributed by atoms with E-state index in [2.05, 4.69) is 4.98 Å². The van der Waals surface area contributed by atoms with Crippen LogP contribution in [0.25, 0.3) is 10.6 Å². The Labute approximate surface area is 156 Å². The molecule has 0 aliphatic carbocycles. The largest absolute Gasteiger partial charge is 0.486 e. The number of rotatable bonds is 3. The number of hydrogen-bond acceptors (Lipinski definition) is 6. The molecule has 0 bridgehead atoms. The maximum Gasteiger partial charge on any atom is 0.273 e. The summed E-state index contributed by atoms with van der Waals surface area (Å²) in [5, 5.41) is 2.65. The third-order valence-corrected chi connectivity index (χ3v) is 5.97. The second-order valence-corrected chi connectivity index (χ2v) is 7.74. The van der Waals surface area contributed by atoms with Gasteiger partial charge in [-0.3, -0.25) is 4.79 Å². The third kappa shape index (κ3) is 3.41. The highest BCUT2D eigenvalue weighted by atomic mass is 32.1. The number of piperidine rings is 1. The normalized spacial score (nSPS) is 18.6. The Morgan fingerprint density at radius 3 is 2.73 bits per heavy atom. The summed E-state index contributed by atoms with van der Waals surface area (Å²) in [4.78, 5) is 19.2. The molecule has 1 unspecified atom stereocenters. The molecular formula is C19H23N3O3S. The molecule has 1 saturated heterocycles. The van der Waals surface area contributed by atoms with Gasteiger partial charge in [0.15, 0.2) is 11.5 Å². The first-order valence-corrected chi connectivity index (χ1v) is 9.90. The maximum absolute atomic E-state index is 12.7. The molecule has 1 amide bonds. The number of benzene rings is 1. The van der Waals surface area contributed by atoms with Gasteiger partial charge < -0.3 is 20.1 Å². The van der Waals surface area contributed by atoms with Gasteiger partial charge in [0.25, 0.3) is 5.91 Å². The van der Waals surface area contributed by atoms with Crippen LogP contribution in [0.2, 0.25) is 0 Å². The Bertz CT molecular complexity index is 797. The Morgan fingerprint density at radius 1 is 1.27 bits per heavy atom. The van der Waals surface area contributed by atoms with Gasteiger partial charge in [-0.15, -0.1) is 11.3 Å². The molecule has 1 aromatic heterocycles. The quantitative estimate of drug-likeness (QED) is 0.895. The van der Waals surface area contributed by atoms with Crippen molar-refractivity contribution in [2.24, 2.45) is 11.7 Å². The summed E-state index contributed by atoms with van der Waals surface area (Å²) >= 11 is 1.48. The number of carbonyl (C=O) groups is 1. The first-order valence-electron chi connectivity index (χ1n) is 9.02. The molecular weight excluding hydrogens is 350 g/mol. The van der Waals surface area contributed by atoms with E-state index < -0.39 is 0 Å². The number of fused-ring (bicyclic) bond motifs is 1. The zero-order chi connectivity index (χ0) is 18.1. The minimum atomic E-state index is 0.00756. The molecule has 1 aromatic carbocycles. The summed E-state index contributed by atoms with van der Waals surface area (Å²) in [7, 11) is 0. The highest BCUT2D eigenvalue weighted by molar-refractivity contribution is 7.13. The number of ether oxygens (including phenoxy) is 2. The second kappa shape index (κ2) is 7.25. The molecule has 3 heterocycles. The van der Waals surface area contributed by atoms with Gasteiger partial charge in [-0.1, -0.05) is 0 Å². The van der Waals surface area contributed by atoms with Crippen LogP contribution in [0.4, 0.5) is 0 Å². The SMILES string of the molecule is CC(N)C1CCN(C(=O)c2csc(-c3ccc4c(c3)OCCO4)n2)CC1. The van der Waals surface area contributed by atoms with Gasteiger partial charge in [-0.05, 0) is 43.9 Å². The number of likely N-dealkylation sites (tertiary alicyclic amines) is 1. The number of carbonyl (C=O) groups excluding carboxylic acids is 1. The van der Waals surface area contributed by atoms with E-state index >= 15 is 0 Å². The van der Waals surface area contributed by atoms with E-state index in [0.717, 1.165) is 48.0 Å². The molecule has 0 saturated carbocycles. The zero-order valence-corrected chi connectivity index (χ0v) is 15.6. The summed E-state index contributed by atoms with van der Waals surface area (Å²) in [5.74, 6) is 2.00. The van der Waals surface area contributed by atoms with Crippen LogP contribution in [-0.4, -0.2) is 48.1 Å². The van der Waals surface area contributed by atoms with Crippen molar-refractivity contribution in [2.45, 2.75) is 25.8 Å². The van der Waals surface area contributed by atoms with Gasteiger partial charge >= 0.3 is 0 Å². The van der Waals surface area contributed by atoms with E-state index in [1.54, 1.807) is 0 Å². The maximum atomic E-state index is 12.7. The average Bonchev–Trinajstić information content (AvgIpc) is 3.17.